The lowest BCUT2D eigenvalue weighted by molar-refractivity contribution is 0.414. The van der Waals surface area contributed by atoms with Crippen LogP contribution in [0.4, 0.5) is 10.1 Å². The van der Waals surface area contributed by atoms with E-state index in [-0.39, 0.29) is 11.4 Å². The number of anilines is 1. The molecule has 0 spiro atoms. The van der Waals surface area contributed by atoms with E-state index in [1.807, 2.05) is 6.07 Å². The van der Waals surface area contributed by atoms with E-state index in [0.29, 0.717) is 22.7 Å². The fraction of sp³-hybridized carbons (Fsp3) is 0.182. The van der Waals surface area contributed by atoms with Gasteiger partial charge in [0.1, 0.15) is 17.3 Å². The minimum atomic E-state index is -3.97. The van der Waals surface area contributed by atoms with E-state index >= 15 is 0 Å². The molecule has 0 bridgehead atoms. The largest absolute Gasteiger partial charge is 0.497 e. The van der Waals surface area contributed by atoms with E-state index < -0.39 is 15.8 Å². The fourth-order valence-corrected chi connectivity index (χ4v) is 4.69. The van der Waals surface area contributed by atoms with Gasteiger partial charge in [0.05, 0.1) is 31.3 Å². The number of methoxy groups -OCH3 is 2. The van der Waals surface area contributed by atoms with Crippen LogP contribution < -0.4 is 13.8 Å². The average molecular weight is 415 g/mol. The molecule has 3 aromatic rings. The second-order valence-corrected chi connectivity index (χ2v) is 8.31. The van der Waals surface area contributed by atoms with Gasteiger partial charge in [0.25, 0.3) is 10.0 Å². The summed E-state index contributed by atoms with van der Waals surface area (Å²) in [7, 11) is -0.903. The Bertz CT molecular complexity index is 1120. The lowest BCUT2D eigenvalue weighted by Crippen LogP contribution is -2.31. The van der Waals surface area contributed by atoms with Crippen molar-refractivity contribution in [1.82, 2.24) is 0 Å². The van der Waals surface area contributed by atoms with Crippen LogP contribution in [-0.2, 0) is 16.6 Å². The van der Waals surface area contributed by atoms with Crippen LogP contribution in [0.15, 0.2) is 71.6 Å². The fourth-order valence-electron chi connectivity index (χ4n) is 3.04. The number of hydrogen-bond donors (Lipinski definition) is 0. The van der Waals surface area contributed by atoms with Crippen LogP contribution in [0.1, 0.15) is 11.1 Å². The Labute approximate surface area is 170 Å². The standard InChI is InChI=1S/C22H22FNO4S/c1-16-12-18(23)10-11-22(16)29(25,26)24(19-7-5-9-21(14-19)28-3)15-17-6-4-8-20(13-17)27-2/h4-14H,15H2,1-3H3. The predicted octanol–water partition coefficient (Wildman–Crippen LogP) is 4.55. The maximum atomic E-state index is 13.6. The predicted molar refractivity (Wildman–Crippen MR) is 110 cm³/mol. The quantitative estimate of drug-likeness (QED) is 0.568. The molecule has 3 rings (SSSR count). The zero-order valence-corrected chi connectivity index (χ0v) is 17.2. The van der Waals surface area contributed by atoms with Crippen LogP contribution in [-0.4, -0.2) is 22.6 Å². The van der Waals surface area contributed by atoms with Gasteiger partial charge in [0.15, 0.2) is 0 Å². The molecule has 0 aliphatic heterocycles. The Balaban J connectivity index is 2.13. The van der Waals surface area contributed by atoms with E-state index in [4.69, 9.17) is 9.47 Å². The summed E-state index contributed by atoms with van der Waals surface area (Å²) >= 11 is 0. The normalized spacial score (nSPS) is 11.2. The number of rotatable bonds is 7. The number of halogens is 1. The first-order valence-corrected chi connectivity index (χ1v) is 10.3. The monoisotopic (exact) mass is 415 g/mol. The lowest BCUT2D eigenvalue weighted by atomic mass is 10.2. The van der Waals surface area contributed by atoms with E-state index in [0.717, 1.165) is 11.6 Å². The molecule has 7 heteroatoms. The molecule has 0 aromatic heterocycles. The first-order valence-electron chi connectivity index (χ1n) is 8.91. The molecule has 3 aromatic carbocycles. The van der Waals surface area contributed by atoms with Crippen LogP contribution in [0.3, 0.4) is 0 Å². The van der Waals surface area contributed by atoms with Gasteiger partial charge in [-0.25, -0.2) is 12.8 Å². The van der Waals surface area contributed by atoms with Crippen molar-refractivity contribution < 1.29 is 22.3 Å². The third kappa shape index (κ3) is 4.51. The minimum absolute atomic E-state index is 0.0459. The average Bonchev–Trinajstić information content (AvgIpc) is 2.71. The highest BCUT2D eigenvalue weighted by Gasteiger charge is 2.27. The van der Waals surface area contributed by atoms with Crippen molar-refractivity contribution in [3.05, 3.63) is 83.7 Å². The Hall–Kier alpha value is -3.06. The molecule has 0 N–H and O–H groups in total. The lowest BCUT2D eigenvalue weighted by Gasteiger charge is -2.26. The van der Waals surface area contributed by atoms with Crippen LogP contribution in [0.25, 0.3) is 0 Å². The highest BCUT2D eigenvalue weighted by Crippen LogP contribution is 2.30. The van der Waals surface area contributed by atoms with Crippen LogP contribution in [0.2, 0.25) is 0 Å². The first-order chi connectivity index (χ1) is 13.8. The summed E-state index contributed by atoms with van der Waals surface area (Å²) in [4.78, 5) is 0.0459. The first kappa shape index (κ1) is 20.7. The SMILES string of the molecule is COc1cccc(CN(c2cccc(OC)c2)S(=O)(=O)c2ccc(F)cc2C)c1. The molecule has 0 aliphatic carbocycles. The van der Waals surface area contributed by atoms with Gasteiger partial charge in [-0.05, 0) is 60.5 Å². The summed E-state index contributed by atoms with van der Waals surface area (Å²) in [6, 6.07) is 17.6. The van der Waals surface area contributed by atoms with Gasteiger partial charge in [-0.1, -0.05) is 18.2 Å². The van der Waals surface area contributed by atoms with E-state index in [1.165, 1.54) is 23.5 Å². The Kier molecular flexibility index (Phi) is 6.08. The highest BCUT2D eigenvalue weighted by atomic mass is 32.2. The molecule has 152 valence electrons. The number of sulfonamides is 1. The van der Waals surface area contributed by atoms with Gasteiger partial charge in [0, 0.05) is 6.07 Å². The second kappa shape index (κ2) is 8.53. The minimum Gasteiger partial charge on any atom is -0.497 e. The number of nitrogens with zero attached hydrogens (tertiary/aromatic N) is 1. The molecule has 0 heterocycles. The van der Waals surface area contributed by atoms with Crippen LogP contribution in [0, 0.1) is 12.7 Å². The number of aryl methyl sites for hydroxylation is 1. The summed E-state index contributed by atoms with van der Waals surface area (Å²) in [6.45, 7) is 1.65. The molecule has 0 fully saturated rings. The molecule has 0 atom stereocenters. The molecule has 0 saturated heterocycles. The summed E-state index contributed by atoms with van der Waals surface area (Å²) < 4.78 is 52.5. The summed E-state index contributed by atoms with van der Waals surface area (Å²) in [6.07, 6.45) is 0. The molecule has 0 radical (unpaired) electrons. The molecule has 0 saturated carbocycles. The van der Waals surface area contributed by atoms with Gasteiger partial charge in [0.2, 0.25) is 0 Å². The zero-order valence-electron chi connectivity index (χ0n) is 16.4. The highest BCUT2D eigenvalue weighted by molar-refractivity contribution is 7.92. The zero-order chi connectivity index (χ0) is 21.0. The van der Waals surface area contributed by atoms with Crippen molar-refractivity contribution in [3.63, 3.8) is 0 Å². The van der Waals surface area contributed by atoms with Gasteiger partial charge in [-0.3, -0.25) is 4.31 Å². The van der Waals surface area contributed by atoms with Gasteiger partial charge in [-0.2, -0.15) is 0 Å². The van der Waals surface area contributed by atoms with Crippen molar-refractivity contribution in [3.8, 4) is 11.5 Å². The molecule has 29 heavy (non-hydrogen) atoms. The molecule has 5 nitrogen and oxygen atoms in total. The Morgan fingerprint density at radius 3 is 2.21 bits per heavy atom. The molecular formula is C22H22FNO4S. The van der Waals surface area contributed by atoms with E-state index in [2.05, 4.69) is 0 Å². The molecule has 0 aliphatic rings. The van der Waals surface area contributed by atoms with Crippen molar-refractivity contribution in [2.24, 2.45) is 0 Å². The van der Waals surface area contributed by atoms with E-state index in [9.17, 15) is 12.8 Å². The second-order valence-electron chi connectivity index (χ2n) is 6.47. The number of ether oxygens (including phenoxy) is 2. The smallest absolute Gasteiger partial charge is 0.264 e. The van der Waals surface area contributed by atoms with Gasteiger partial charge in [-0.15, -0.1) is 0 Å². The molecule has 0 amide bonds. The third-order valence-corrected chi connectivity index (χ3v) is 6.44. The summed E-state index contributed by atoms with van der Waals surface area (Å²) in [5, 5.41) is 0. The van der Waals surface area contributed by atoms with Crippen molar-refractivity contribution in [2.45, 2.75) is 18.4 Å². The van der Waals surface area contributed by atoms with Crippen molar-refractivity contribution >= 4 is 15.7 Å². The van der Waals surface area contributed by atoms with E-state index in [1.54, 1.807) is 56.5 Å². The topological polar surface area (TPSA) is 55.8 Å². The number of benzene rings is 3. The molecule has 0 unspecified atom stereocenters. The van der Waals surface area contributed by atoms with Gasteiger partial charge >= 0.3 is 0 Å². The van der Waals surface area contributed by atoms with Crippen molar-refractivity contribution in [1.29, 1.82) is 0 Å². The Morgan fingerprint density at radius 2 is 1.55 bits per heavy atom. The maximum Gasteiger partial charge on any atom is 0.264 e. The molecular weight excluding hydrogens is 393 g/mol. The Morgan fingerprint density at radius 1 is 0.897 bits per heavy atom. The maximum absolute atomic E-state index is 13.6. The van der Waals surface area contributed by atoms with Crippen LogP contribution >= 0.6 is 0 Å². The van der Waals surface area contributed by atoms with Crippen LogP contribution in [0.5, 0.6) is 11.5 Å². The van der Waals surface area contributed by atoms with Gasteiger partial charge < -0.3 is 9.47 Å². The van der Waals surface area contributed by atoms with Crippen molar-refractivity contribution in [2.75, 3.05) is 18.5 Å². The summed E-state index contributed by atoms with van der Waals surface area (Å²) in [5.41, 5.74) is 1.52. The number of hydrogen-bond acceptors (Lipinski definition) is 4. The summed E-state index contributed by atoms with van der Waals surface area (Å²) in [5.74, 6) is 0.676. The third-order valence-electron chi connectivity index (χ3n) is 4.51.